The molecule has 10 heteroatoms. The van der Waals surface area contributed by atoms with Crippen molar-refractivity contribution in [1.82, 2.24) is 19.5 Å². The van der Waals surface area contributed by atoms with Gasteiger partial charge in [0.2, 0.25) is 10.0 Å². The van der Waals surface area contributed by atoms with Gasteiger partial charge in [-0.2, -0.15) is 5.10 Å². The molecule has 0 aliphatic rings. The summed E-state index contributed by atoms with van der Waals surface area (Å²) >= 11 is 0. The molecule has 1 heterocycles. The Morgan fingerprint density at radius 3 is 2.54 bits per heavy atom. The molecule has 2 rings (SSSR count). The van der Waals surface area contributed by atoms with Crippen molar-refractivity contribution in [3.8, 4) is 5.75 Å². The number of sulfonamides is 1. The number of nitrogens with one attached hydrogen (secondary N) is 1. The van der Waals surface area contributed by atoms with E-state index < -0.39 is 10.0 Å². The molecule has 0 saturated heterocycles. The van der Waals surface area contributed by atoms with E-state index in [0.29, 0.717) is 11.6 Å². The first kappa shape index (κ1) is 22.4. The number of aromatic nitrogens is 3. The van der Waals surface area contributed by atoms with Gasteiger partial charge in [-0.25, -0.2) is 18.1 Å². The summed E-state index contributed by atoms with van der Waals surface area (Å²) in [5, 5.41) is 3.96. The molecular formula is C16H26ClN5O3S. The second kappa shape index (κ2) is 10.5. The van der Waals surface area contributed by atoms with Crippen LogP contribution in [0, 0.1) is 0 Å². The molecule has 1 atom stereocenters. The first-order valence-electron chi connectivity index (χ1n) is 8.24. The number of rotatable bonds is 10. The van der Waals surface area contributed by atoms with E-state index in [2.05, 4.69) is 21.7 Å². The quantitative estimate of drug-likeness (QED) is 0.623. The van der Waals surface area contributed by atoms with Crippen LogP contribution in [0.25, 0.3) is 0 Å². The maximum Gasteiger partial charge on any atom is 0.240 e. The van der Waals surface area contributed by atoms with E-state index in [4.69, 9.17) is 10.5 Å². The number of unbranched alkanes of at least 4 members (excludes halogenated alkanes) is 1. The summed E-state index contributed by atoms with van der Waals surface area (Å²) in [6.07, 6.45) is 4.10. The molecule has 0 radical (unpaired) electrons. The van der Waals surface area contributed by atoms with E-state index in [1.54, 1.807) is 23.9 Å². The number of benzene rings is 1. The Kier molecular flexibility index (Phi) is 9.00. The summed E-state index contributed by atoms with van der Waals surface area (Å²) < 4.78 is 34.7. The van der Waals surface area contributed by atoms with Crippen LogP contribution in [0.3, 0.4) is 0 Å². The molecule has 0 aliphatic heterocycles. The standard InChI is InChI=1S/C16H25N5O3S.ClH/c1-3-4-5-13(10-17)20-25(22,23)15-8-6-14(7-9-15)24-11-16-18-12-19-21(16)2;/h6-9,12-13,20H,3-5,10-11,17H2,1-2H3;1H. The lowest BCUT2D eigenvalue weighted by Gasteiger charge is -2.16. The molecule has 3 N–H and O–H groups in total. The Morgan fingerprint density at radius 1 is 1.31 bits per heavy atom. The number of ether oxygens (including phenoxy) is 1. The van der Waals surface area contributed by atoms with Crippen molar-refractivity contribution < 1.29 is 13.2 Å². The average molecular weight is 404 g/mol. The minimum absolute atomic E-state index is 0. The fourth-order valence-electron chi connectivity index (χ4n) is 2.28. The highest BCUT2D eigenvalue weighted by Gasteiger charge is 2.19. The Labute approximate surface area is 160 Å². The van der Waals surface area contributed by atoms with Crippen molar-refractivity contribution in [2.75, 3.05) is 6.54 Å². The third-order valence-corrected chi connectivity index (χ3v) is 5.36. The lowest BCUT2D eigenvalue weighted by molar-refractivity contribution is 0.289. The normalized spacial score (nSPS) is 12.4. The molecular weight excluding hydrogens is 378 g/mol. The van der Waals surface area contributed by atoms with Crippen molar-refractivity contribution in [3.63, 3.8) is 0 Å². The van der Waals surface area contributed by atoms with Crippen LogP contribution in [0.1, 0.15) is 32.0 Å². The third-order valence-electron chi connectivity index (χ3n) is 3.82. The second-order valence-electron chi connectivity index (χ2n) is 5.76. The lowest BCUT2D eigenvalue weighted by atomic mass is 10.1. The number of nitrogens with zero attached hydrogens (tertiary/aromatic N) is 3. The summed E-state index contributed by atoms with van der Waals surface area (Å²) in [5.74, 6) is 1.24. The summed E-state index contributed by atoms with van der Waals surface area (Å²) in [6, 6.07) is 6.02. The van der Waals surface area contributed by atoms with Crippen molar-refractivity contribution in [2.45, 2.75) is 43.7 Å². The van der Waals surface area contributed by atoms with Crippen LogP contribution >= 0.6 is 12.4 Å². The Morgan fingerprint density at radius 2 is 2.00 bits per heavy atom. The lowest BCUT2D eigenvalue weighted by Crippen LogP contribution is -2.40. The van der Waals surface area contributed by atoms with Gasteiger partial charge in [-0.15, -0.1) is 12.4 Å². The van der Waals surface area contributed by atoms with Gasteiger partial charge in [0.15, 0.2) is 5.82 Å². The maximum absolute atomic E-state index is 12.4. The topological polar surface area (TPSA) is 112 Å². The number of aryl methyl sites for hydroxylation is 1. The fraction of sp³-hybridized carbons (Fsp3) is 0.500. The van der Waals surface area contributed by atoms with Crippen LogP contribution in [0.15, 0.2) is 35.5 Å². The molecule has 2 aromatic rings. The van der Waals surface area contributed by atoms with Crippen molar-refractivity contribution in [1.29, 1.82) is 0 Å². The average Bonchev–Trinajstić information content (AvgIpc) is 3.02. The molecule has 0 fully saturated rings. The first-order valence-corrected chi connectivity index (χ1v) is 9.72. The first-order chi connectivity index (χ1) is 12.0. The molecule has 0 saturated carbocycles. The maximum atomic E-state index is 12.4. The smallest absolute Gasteiger partial charge is 0.240 e. The predicted molar refractivity (Wildman–Crippen MR) is 102 cm³/mol. The van der Waals surface area contributed by atoms with E-state index in [-0.39, 0.29) is 36.5 Å². The van der Waals surface area contributed by atoms with Crippen molar-refractivity contribution >= 4 is 22.4 Å². The fourth-order valence-corrected chi connectivity index (χ4v) is 3.56. The molecule has 0 spiro atoms. The van der Waals surface area contributed by atoms with Gasteiger partial charge in [-0.1, -0.05) is 19.8 Å². The molecule has 26 heavy (non-hydrogen) atoms. The van der Waals surface area contributed by atoms with E-state index in [0.717, 1.165) is 19.3 Å². The highest BCUT2D eigenvalue weighted by Crippen LogP contribution is 2.17. The zero-order valence-corrected chi connectivity index (χ0v) is 16.6. The highest BCUT2D eigenvalue weighted by atomic mass is 35.5. The van der Waals surface area contributed by atoms with Crippen LogP contribution in [-0.2, 0) is 23.7 Å². The van der Waals surface area contributed by atoms with Crippen LogP contribution in [0.5, 0.6) is 5.75 Å². The van der Waals surface area contributed by atoms with E-state index in [9.17, 15) is 8.42 Å². The van der Waals surface area contributed by atoms with Gasteiger partial charge in [0.25, 0.3) is 0 Å². The van der Waals surface area contributed by atoms with Gasteiger partial charge < -0.3 is 10.5 Å². The largest absolute Gasteiger partial charge is 0.486 e. The molecule has 8 nitrogen and oxygen atoms in total. The summed E-state index contributed by atoms with van der Waals surface area (Å²) in [7, 11) is -1.82. The molecule has 0 bridgehead atoms. The summed E-state index contributed by atoms with van der Waals surface area (Å²) in [5.41, 5.74) is 5.66. The Balaban J connectivity index is 0.00000338. The minimum Gasteiger partial charge on any atom is -0.486 e. The second-order valence-corrected chi connectivity index (χ2v) is 7.47. The summed E-state index contributed by atoms with van der Waals surface area (Å²) in [6.45, 7) is 2.59. The van der Waals surface area contributed by atoms with Gasteiger partial charge >= 0.3 is 0 Å². The number of hydrogen-bond donors (Lipinski definition) is 2. The van der Waals surface area contributed by atoms with Crippen LogP contribution in [0.4, 0.5) is 0 Å². The van der Waals surface area contributed by atoms with Gasteiger partial charge in [0.05, 0.1) is 4.90 Å². The van der Waals surface area contributed by atoms with E-state index >= 15 is 0 Å². The predicted octanol–water partition coefficient (Wildman–Crippen LogP) is 1.61. The van der Waals surface area contributed by atoms with E-state index in [1.807, 2.05) is 0 Å². The van der Waals surface area contributed by atoms with E-state index in [1.165, 1.54) is 18.5 Å². The highest BCUT2D eigenvalue weighted by molar-refractivity contribution is 7.89. The Bertz CT molecular complexity index is 764. The minimum atomic E-state index is -3.60. The van der Waals surface area contributed by atoms with Crippen LogP contribution < -0.4 is 15.2 Å². The van der Waals surface area contributed by atoms with Crippen LogP contribution in [-0.4, -0.2) is 35.8 Å². The van der Waals surface area contributed by atoms with Gasteiger partial charge in [-0.3, -0.25) is 4.68 Å². The SMILES string of the molecule is CCCCC(CN)NS(=O)(=O)c1ccc(OCc2ncnn2C)cc1.Cl. The molecule has 146 valence electrons. The van der Waals surface area contributed by atoms with Gasteiger partial charge in [0.1, 0.15) is 18.7 Å². The van der Waals surface area contributed by atoms with Gasteiger partial charge in [-0.05, 0) is 30.7 Å². The number of nitrogens with two attached hydrogens (primary N) is 1. The Hall–Kier alpha value is -1.68. The summed E-state index contributed by atoms with van der Waals surface area (Å²) in [4.78, 5) is 4.25. The molecule has 0 aliphatic carbocycles. The monoisotopic (exact) mass is 403 g/mol. The van der Waals surface area contributed by atoms with Crippen LogP contribution in [0.2, 0.25) is 0 Å². The molecule has 1 unspecified atom stereocenters. The molecule has 1 aromatic carbocycles. The zero-order chi connectivity index (χ0) is 18.3. The van der Waals surface area contributed by atoms with Crippen molar-refractivity contribution in [2.24, 2.45) is 12.8 Å². The third kappa shape index (κ3) is 6.24. The molecule has 1 aromatic heterocycles. The van der Waals surface area contributed by atoms with Crippen molar-refractivity contribution in [3.05, 3.63) is 36.4 Å². The number of halogens is 1. The zero-order valence-electron chi connectivity index (χ0n) is 15.0. The number of hydrogen-bond acceptors (Lipinski definition) is 6. The molecule has 0 amide bonds. The van der Waals surface area contributed by atoms with Gasteiger partial charge in [0, 0.05) is 19.6 Å².